The van der Waals surface area contributed by atoms with E-state index < -0.39 is 6.17 Å². The van der Waals surface area contributed by atoms with E-state index in [1.165, 1.54) is 20.5 Å². The molecule has 0 unspecified atom stereocenters. The van der Waals surface area contributed by atoms with Crippen molar-refractivity contribution >= 4 is 21.4 Å². The average Bonchev–Trinajstić information content (AvgIpc) is 3.02. The van der Waals surface area contributed by atoms with Gasteiger partial charge in [0.1, 0.15) is 6.17 Å². The smallest absolute Gasteiger partial charge is 0.216 e. The van der Waals surface area contributed by atoms with Crippen molar-refractivity contribution in [3.8, 4) is 5.88 Å². The van der Waals surface area contributed by atoms with Crippen LogP contribution in [0.4, 0.5) is 4.39 Å². The summed E-state index contributed by atoms with van der Waals surface area (Å²) in [5.41, 5.74) is 2.46. The van der Waals surface area contributed by atoms with Crippen molar-refractivity contribution in [2.24, 2.45) is 0 Å². The molecule has 1 aromatic carbocycles. The van der Waals surface area contributed by atoms with Gasteiger partial charge in [-0.1, -0.05) is 31.2 Å². The maximum absolute atomic E-state index is 13.1. The fourth-order valence-corrected chi connectivity index (χ4v) is 5.07. The number of halogens is 1. The van der Waals surface area contributed by atoms with Crippen molar-refractivity contribution in [2.75, 3.05) is 26.7 Å². The predicted molar refractivity (Wildman–Crippen MR) is 105 cm³/mol. The summed E-state index contributed by atoms with van der Waals surface area (Å²) in [4.78, 5) is 7.94. The molecule has 1 saturated heterocycles. The molecule has 0 aliphatic carbocycles. The van der Waals surface area contributed by atoms with Gasteiger partial charge in [0.05, 0.1) is 7.11 Å². The highest BCUT2D eigenvalue weighted by Crippen LogP contribution is 2.41. The number of methoxy groups -OCH3 is 1. The van der Waals surface area contributed by atoms with Gasteiger partial charge in [0.25, 0.3) is 0 Å². The van der Waals surface area contributed by atoms with E-state index in [2.05, 4.69) is 47.1 Å². The number of fused-ring (bicyclic) bond motifs is 1. The molecule has 1 fully saturated rings. The molecule has 0 radical (unpaired) electrons. The molecule has 2 aromatic heterocycles. The molecule has 4 rings (SSSR count). The zero-order valence-electron chi connectivity index (χ0n) is 15.1. The minimum atomic E-state index is -0.643. The van der Waals surface area contributed by atoms with E-state index >= 15 is 0 Å². The summed E-state index contributed by atoms with van der Waals surface area (Å²) >= 11 is 1.86. The first-order valence-corrected chi connectivity index (χ1v) is 9.84. The van der Waals surface area contributed by atoms with Gasteiger partial charge < -0.3 is 4.74 Å². The van der Waals surface area contributed by atoms with Crippen molar-refractivity contribution in [1.82, 2.24) is 9.88 Å². The van der Waals surface area contributed by atoms with Gasteiger partial charge in [0.2, 0.25) is 5.88 Å². The van der Waals surface area contributed by atoms with Gasteiger partial charge in [0.15, 0.2) is 0 Å². The largest absolute Gasteiger partial charge is 0.481 e. The van der Waals surface area contributed by atoms with Crippen molar-refractivity contribution in [3.05, 3.63) is 58.6 Å². The van der Waals surface area contributed by atoms with Crippen LogP contribution in [0.5, 0.6) is 5.88 Å². The number of hydrogen-bond acceptors (Lipinski definition) is 4. The Labute approximate surface area is 157 Å². The molecule has 1 atom stereocenters. The summed E-state index contributed by atoms with van der Waals surface area (Å²) in [5.74, 6) is 0.874. The third-order valence-electron chi connectivity index (χ3n) is 5.17. The number of alkyl halides is 1. The van der Waals surface area contributed by atoms with Gasteiger partial charge in [0, 0.05) is 46.9 Å². The number of nitrogens with zero attached hydrogens (tertiary/aromatic N) is 2. The van der Waals surface area contributed by atoms with Crippen LogP contribution >= 0.6 is 11.3 Å². The fraction of sp³-hybridized carbons (Fsp3) is 0.381. The molecule has 0 spiro atoms. The minimum Gasteiger partial charge on any atom is -0.481 e. The zero-order valence-corrected chi connectivity index (χ0v) is 15.9. The average molecular weight is 370 g/mol. The Morgan fingerprint density at radius 2 is 2.08 bits per heavy atom. The van der Waals surface area contributed by atoms with Crippen LogP contribution < -0.4 is 4.74 Å². The number of pyridine rings is 1. The number of thiophene rings is 1. The van der Waals surface area contributed by atoms with E-state index in [9.17, 15) is 4.39 Å². The second-order valence-corrected chi connectivity index (χ2v) is 8.00. The van der Waals surface area contributed by atoms with Crippen LogP contribution in [0, 0.1) is 0 Å². The van der Waals surface area contributed by atoms with Crippen molar-refractivity contribution < 1.29 is 9.13 Å². The van der Waals surface area contributed by atoms with Crippen LogP contribution in [0.2, 0.25) is 0 Å². The second-order valence-electron chi connectivity index (χ2n) is 6.87. The Hall–Kier alpha value is -1.98. The number of likely N-dealkylation sites (tertiary alicyclic amines) is 1. The quantitative estimate of drug-likeness (QED) is 0.631. The van der Waals surface area contributed by atoms with E-state index in [1.54, 1.807) is 13.3 Å². The number of aromatic nitrogens is 1. The summed E-state index contributed by atoms with van der Waals surface area (Å²) in [6.07, 6.45) is 2.07. The summed E-state index contributed by atoms with van der Waals surface area (Å²) in [6, 6.07) is 12.6. The second kappa shape index (κ2) is 7.33. The molecule has 5 heteroatoms. The van der Waals surface area contributed by atoms with Crippen LogP contribution in [-0.4, -0.2) is 42.8 Å². The molecule has 0 bridgehead atoms. The lowest BCUT2D eigenvalue weighted by molar-refractivity contribution is 0.0672. The third-order valence-corrected chi connectivity index (χ3v) is 6.42. The van der Waals surface area contributed by atoms with E-state index in [0.717, 1.165) is 18.5 Å². The summed E-state index contributed by atoms with van der Waals surface area (Å²) in [5, 5.41) is 1.30. The highest BCUT2D eigenvalue weighted by molar-refractivity contribution is 7.19. The lowest BCUT2D eigenvalue weighted by Gasteiger charge is -2.34. The van der Waals surface area contributed by atoms with Crippen LogP contribution in [0.25, 0.3) is 10.1 Å². The molecule has 0 N–H and O–H groups in total. The summed E-state index contributed by atoms with van der Waals surface area (Å²) < 4.78 is 19.9. The Kier molecular flexibility index (Phi) is 4.92. The van der Waals surface area contributed by atoms with Crippen molar-refractivity contribution in [3.63, 3.8) is 0 Å². The normalized spacial score (nSPS) is 16.6. The summed E-state index contributed by atoms with van der Waals surface area (Å²) in [7, 11) is 1.67. The topological polar surface area (TPSA) is 25.4 Å². The molecule has 136 valence electrons. The number of rotatable bonds is 6. The van der Waals surface area contributed by atoms with E-state index in [4.69, 9.17) is 4.74 Å². The Morgan fingerprint density at radius 1 is 1.27 bits per heavy atom. The first-order valence-electron chi connectivity index (χ1n) is 9.03. The maximum atomic E-state index is 13.1. The monoisotopic (exact) mass is 370 g/mol. The van der Waals surface area contributed by atoms with Crippen molar-refractivity contribution in [2.45, 2.75) is 25.4 Å². The Balaban J connectivity index is 1.70. The first kappa shape index (κ1) is 17.4. The number of ether oxygens (including phenoxy) is 1. The van der Waals surface area contributed by atoms with Gasteiger partial charge in [-0.15, -0.1) is 11.3 Å². The van der Waals surface area contributed by atoms with Gasteiger partial charge in [-0.2, -0.15) is 0 Å². The van der Waals surface area contributed by atoms with Crippen LogP contribution in [-0.2, 0) is 6.42 Å². The first-order chi connectivity index (χ1) is 12.7. The molecule has 1 aliphatic heterocycles. The predicted octanol–water partition coefficient (Wildman–Crippen LogP) is 4.65. The molecule has 26 heavy (non-hydrogen) atoms. The lowest BCUT2D eigenvalue weighted by Crippen LogP contribution is -2.48. The van der Waals surface area contributed by atoms with Gasteiger partial charge in [-0.05, 0) is 29.5 Å². The lowest BCUT2D eigenvalue weighted by atomic mass is 9.90. The number of benzene rings is 1. The Bertz CT molecular complexity index is 904. The van der Waals surface area contributed by atoms with Crippen LogP contribution in [0.1, 0.15) is 28.8 Å². The van der Waals surface area contributed by atoms with Gasteiger partial charge in [-0.25, -0.2) is 9.37 Å². The van der Waals surface area contributed by atoms with Crippen LogP contribution in [0.3, 0.4) is 0 Å². The SMILES string of the molecule is COc1ncccc1[C@H](C)c1c(CCN2CC(F)C2)sc2ccccc12. The highest BCUT2D eigenvalue weighted by atomic mass is 32.1. The molecule has 0 saturated carbocycles. The number of hydrogen-bond donors (Lipinski definition) is 0. The fourth-order valence-electron chi connectivity index (χ4n) is 3.78. The van der Waals surface area contributed by atoms with E-state index in [-0.39, 0.29) is 5.92 Å². The van der Waals surface area contributed by atoms with Crippen LogP contribution in [0.15, 0.2) is 42.6 Å². The minimum absolute atomic E-state index is 0.190. The Morgan fingerprint density at radius 3 is 2.85 bits per heavy atom. The highest BCUT2D eigenvalue weighted by Gasteiger charge is 2.27. The molecule has 1 aliphatic rings. The zero-order chi connectivity index (χ0) is 18.1. The third kappa shape index (κ3) is 3.21. The van der Waals surface area contributed by atoms with Crippen molar-refractivity contribution in [1.29, 1.82) is 0 Å². The summed E-state index contributed by atoms with van der Waals surface area (Å²) in [6.45, 7) is 4.29. The van der Waals surface area contributed by atoms with Gasteiger partial charge >= 0.3 is 0 Å². The van der Waals surface area contributed by atoms with E-state index in [1.807, 2.05) is 17.4 Å². The molecular weight excluding hydrogens is 347 g/mol. The standard InChI is InChI=1S/C21H23FN2OS/c1-14(16-7-5-10-23-21(16)25-2)20-17-6-3-4-8-18(17)26-19(20)9-11-24-12-15(22)13-24/h3-8,10,14-15H,9,11-13H2,1-2H3/t14-/m0/s1. The molecule has 3 heterocycles. The molecular formula is C21H23FN2OS. The van der Waals surface area contributed by atoms with Gasteiger partial charge in [-0.3, -0.25) is 4.90 Å². The maximum Gasteiger partial charge on any atom is 0.216 e. The van der Waals surface area contributed by atoms with E-state index in [0.29, 0.717) is 19.0 Å². The molecule has 3 aromatic rings. The molecule has 0 amide bonds. The molecule has 3 nitrogen and oxygen atoms in total.